The number of ether oxygens (including phenoxy) is 1. The first-order valence-corrected chi connectivity index (χ1v) is 6.61. The van der Waals surface area contributed by atoms with Crippen LogP contribution in [0.3, 0.4) is 0 Å². The molecule has 2 N–H and O–H groups in total. The average molecular weight is 327 g/mol. The molecule has 1 unspecified atom stereocenters. The monoisotopic (exact) mass is 326 g/mol. The number of methoxy groups -OCH3 is 1. The molecule has 1 aliphatic heterocycles. The van der Waals surface area contributed by atoms with Gasteiger partial charge in [-0.25, -0.2) is 4.79 Å². The van der Waals surface area contributed by atoms with Gasteiger partial charge in [0.1, 0.15) is 12.3 Å². The van der Waals surface area contributed by atoms with E-state index in [-0.39, 0.29) is 0 Å². The number of rotatable bonds is 2. The van der Waals surface area contributed by atoms with Crippen LogP contribution < -0.4 is 10.6 Å². The van der Waals surface area contributed by atoms with Crippen molar-refractivity contribution in [3.05, 3.63) is 22.2 Å². The van der Waals surface area contributed by atoms with Crippen molar-refractivity contribution in [1.82, 2.24) is 0 Å². The van der Waals surface area contributed by atoms with E-state index in [4.69, 9.17) is 4.74 Å². The number of carbonyl (C=O) groups is 2. The Bertz CT molecular complexity index is 543. The molecule has 102 valence electrons. The quantitative estimate of drug-likeness (QED) is 0.645. The maximum atomic E-state index is 11.9. The Morgan fingerprint density at radius 1 is 1.47 bits per heavy atom. The summed E-state index contributed by atoms with van der Waals surface area (Å²) in [4.78, 5) is 23.0. The average Bonchev–Trinajstić information content (AvgIpc) is 2.36. The molecule has 2 rings (SSSR count). The number of esters is 1. The fourth-order valence-electron chi connectivity index (χ4n) is 2.10. The molecule has 6 heteroatoms. The summed E-state index contributed by atoms with van der Waals surface area (Å²) in [7, 11) is 1.32. The van der Waals surface area contributed by atoms with Crippen molar-refractivity contribution in [2.75, 3.05) is 17.7 Å². The molecular formula is C13H15BrN2O3. The molecule has 0 aromatic heterocycles. The molecule has 0 fully saturated rings. The van der Waals surface area contributed by atoms with Gasteiger partial charge in [0, 0.05) is 4.47 Å². The molecule has 5 nitrogen and oxygen atoms in total. The van der Waals surface area contributed by atoms with E-state index in [0.29, 0.717) is 15.7 Å². The molecule has 0 bridgehead atoms. The van der Waals surface area contributed by atoms with E-state index in [1.54, 1.807) is 6.07 Å². The summed E-state index contributed by atoms with van der Waals surface area (Å²) in [6.07, 6.45) is 0.831. The SMILES string of the molecule is COC(=O)c1c(Br)ccc2c1NC(C=O)C(C)(C)N2. The molecule has 0 aliphatic carbocycles. The molecule has 0 saturated heterocycles. The van der Waals surface area contributed by atoms with Gasteiger partial charge in [0.15, 0.2) is 0 Å². The lowest BCUT2D eigenvalue weighted by Crippen LogP contribution is -2.52. The van der Waals surface area contributed by atoms with Gasteiger partial charge in [-0.15, -0.1) is 0 Å². The predicted octanol–water partition coefficient (Wildman–Crippen LogP) is 2.42. The van der Waals surface area contributed by atoms with Crippen LogP contribution in [0.15, 0.2) is 16.6 Å². The highest BCUT2D eigenvalue weighted by molar-refractivity contribution is 9.10. The van der Waals surface area contributed by atoms with E-state index in [1.807, 2.05) is 19.9 Å². The zero-order valence-corrected chi connectivity index (χ0v) is 12.5. The molecule has 1 aromatic rings. The van der Waals surface area contributed by atoms with Gasteiger partial charge in [-0.3, -0.25) is 0 Å². The Labute approximate surface area is 119 Å². The van der Waals surface area contributed by atoms with Gasteiger partial charge in [0.05, 0.1) is 29.6 Å². The first-order chi connectivity index (χ1) is 8.90. The Hall–Kier alpha value is -1.56. The molecule has 1 heterocycles. The molecule has 1 atom stereocenters. The molecule has 0 amide bonds. The van der Waals surface area contributed by atoms with Gasteiger partial charge in [0.2, 0.25) is 0 Å². The van der Waals surface area contributed by atoms with Gasteiger partial charge in [-0.2, -0.15) is 0 Å². The lowest BCUT2D eigenvalue weighted by molar-refractivity contribution is -0.109. The third kappa shape index (κ3) is 2.32. The number of carbonyl (C=O) groups excluding carboxylic acids is 2. The zero-order valence-electron chi connectivity index (χ0n) is 10.9. The number of nitrogens with one attached hydrogen (secondary N) is 2. The summed E-state index contributed by atoms with van der Waals surface area (Å²) in [6, 6.07) is 3.19. The van der Waals surface area contributed by atoms with Crippen LogP contribution in [0.5, 0.6) is 0 Å². The van der Waals surface area contributed by atoms with Crippen molar-refractivity contribution in [2.24, 2.45) is 0 Å². The molecule has 0 spiro atoms. The number of hydrogen-bond donors (Lipinski definition) is 2. The first kappa shape index (κ1) is 13.9. The number of anilines is 2. The molecule has 0 saturated carbocycles. The van der Waals surface area contributed by atoms with Crippen LogP contribution in [0.25, 0.3) is 0 Å². The Balaban J connectivity index is 2.57. The van der Waals surface area contributed by atoms with Gasteiger partial charge in [-0.05, 0) is 41.9 Å². The summed E-state index contributed by atoms with van der Waals surface area (Å²) in [5.41, 5.74) is 1.30. The maximum Gasteiger partial charge on any atom is 0.341 e. The molecule has 1 aliphatic rings. The number of aldehydes is 1. The molecule has 19 heavy (non-hydrogen) atoms. The highest BCUT2D eigenvalue weighted by atomic mass is 79.9. The minimum absolute atomic E-state index is 0.384. The van der Waals surface area contributed by atoms with Crippen LogP contribution in [0.2, 0.25) is 0 Å². The second kappa shape index (κ2) is 4.85. The summed E-state index contributed by atoms with van der Waals surface area (Å²) in [6.45, 7) is 3.84. The number of benzene rings is 1. The Morgan fingerprint density at radius 2 is 2.16 bits per heavy atom. The minimum atomic E-state index is -0.456. The van der Waals surface area contributed by atoms with Gasteiger partial charge in [0.25, 0.3) is 0 Å². The summed E-state index contributed by atoms with van der Waals surface area (Å²) >= 11 is 3.33. The van der Waals surface area contributed by atoms with Crippen molar-refractivity contribution in [3.63, 3.8) is 0 Å². The van der Waals surface area contributed by atoms with Crippen LogP contribution in [0.1, 0.15) is 24.2 Å². The standard InChI is InChI=1S/C13H15BrN2O3/c1-13(2)9(6-17)15-11-8(16-13)5-4-7(14)10(11)12(18)19-3/h4-6,9,15-16H,1-3H3. The molecule has 0 radical (unpaired) electrons. The predicted molar refractivity (Wildman–Crippen MR) is 76.7 cm³/mol. The number of halogens is 1. The topological polar surface area (TPSA) is 67.4 Å². The van der Waals surface area contributed by atoms with E-state index in [0.717, 1.165) is 12.0 Å². The van der Waals surface area contributed by atoms with Crippen molar-refractivity contribution >= 4 is 39.6 Å². The largest absolute Gasteiger partial charge is 0.465 e. The fourth-order valence-corrected chi connectivity index (χ4v) is 2.59. The van der Waals surface area contributed by atoms with Gasteiger partial charge in [-0.1, -0.05) is 0 Å². The first-order valence-electron chi connectivity index (χ1n) is 5.81. The smallest absolute Gasteiger partial charge is 0.341 e. The van der Waals surface area contributed by atoms with E-state index < -0.39 is 17.6 Å². The Morgan fingerprint density at radius 3 is 2.74 bits per heavy atom. The third-order valence-corrected chi connectivity index (χ3v) is 3.88. The van der Waals surface area contributed by atoms with Crippen LogP contribution in [0.4, 0.5) is 11.4 Å². The zero-order chi connectivity index (χ0) is 14.2. The van der Waals surface area contributed by atoms with E-state index in [1.165, 1.54) is 7.11 Å². The van der Waals surface area contributed by atoms with E-state index in [9.17, 15) is 9.59 Å². The van der Waals surface area contributed by atoms with E-state index >= 15 is 0 Å². The highest BCUT2D eigenvalue weighted by Crippen LogP contribution is 2.39. The van der Waals surface area contributed by atoms with Crippen molar-refractivity contribution in [2.45, 2.75) is 25.4 Å². The summed E-state index contributed by atoms with van der Waals surface area (Å²) < 4.78 is 5.40. The van der Waals surface area contributed by atoms with Crippen molar-refractivity contribution in [1.29, 1.82) is 0 Å². The number of hydrogen-bond acceptors (Lipinski definition) is 5. The van der Waals surface area contributed by atoms with Crippen molar-refractivity contribution in [3.8, 4) is 0 Å². The Kier molecular flexibility index (Phi) is 3.54. The van der Waals surface area contributed by atoms with Crippen LogP contribution in [-0.2, 0) is 9.53 Å². The third-order valence-electron chi connectivity index (χ3n) is 3.21. The van der Waals surface area contributed by atoms with Crippen molar-refractivity contribution < 1.29 is 14.3 Å². The highest BCUT2D eigenvalue weighted by Gasteiger charge is 2.36. The molecule has 1 aromatic carbocycles. The molecular weight excluding hydrogens is 312 g/mol. The van der Waals surface area contributed by atoms with Gasteiger partial charge >= 0.3 is 5.97 Å². The van der Waals surface area contributed by atoms with Crippen LogP contribution in [-0.4, -0.2) is 30.9 Å². The van der Waals surface area contributed by atoms with E-state index in [2.05, 4.69) is 26.6 Å². The summed E-state index contributed by atoms with van der Waals surface area (Å²) in [5, 5.41) is 6.36. The summed E-state index contributed by atoms with van der Waals surface area (Å²) in [5.74, 6) is -0.456. The minimum Gasteiger partial charge on any atom is -0.465 e. The van der Waals surface area contributed by atoms with Crippen LogP contribution >= 0.6 is 15.9 Å². The fraction of sp³-hybridized carbons (Fsp3) is 0.385. The second-order valence-corrected chi connectivity index (χ2v) is 5.80. The normalized spacial score (nSPS) is 19.7. The lowest BCUT2D eigenvalue weighted by Gasteiger charge is -2.40. The van der Waals surface area contributed by atoms with Gasteiger partial charge < -0.3 is 20.2 Å². The van der Waals surface area contributed by atoms with Crippen LogP contribution in [0, 0.1) is 0 Å². The lowest BCUT2D eigenvalue weighted by atomic mass is 9.91. The number of fused-ring (bicyclic) bond motifs is 1. The maximum absolute atomic E-state index is 11.9. The second-order valence-electron chi connectivity index (χ2n) is 4.94.